The van der Waals surface area contributed by atoms with E-state index in [9.17, 15) is 4.79 Å². The molecule has 1 aliphatic rings. The van der Waals surface area contributed by atoms with Gasteiger partial charge in [0, 0.05) is 24.9 Å². The molecule has 2 nitrogen and oxygen atoms in total. The number of ether oxygens (including phenoxy) is 1. The first-order chi connectivity index (χ1) is 4.59. The molecule has 0 N–H and O–H groups in total. The van der Waals surface area contributed by atoms with Crippen molar-refractivity contribution in [2.75, 3.05) is 13.7 Å². The Bertz CT molecular complexity index is 149. The van der Waals surface area contributed by atoms with Crippen molar-refractivity contribution >= 4 is 5.78 Å². The number of rotatable bonds is 2. The molecular weight excluding hydrogens is 128 g/mol. The second-order valence-electron chi connectivity index (χ2n) is 3.50. The summed E-state index contributed by atoms with van der Waals surface area (Å²) in [5.41, 5.74) is -0.115. The maximum atomic E-state index is 11.0. The van der Waals surface area contributed by atoms with Crippen LogP contribution in [0, 0.1) is 11.3 Å². The summed E-state index contributed by atoms with van der Waals surface area (Å²) in [5.74, 6) is 0.819. The Morgan fingerprint density at radius 3 is 2.60 bits per heavy atom. The third-order valence-corrected chi connectivity index (χ3v) is 2.54. The van der Waals surface area contributed by atoms with Crippen molar-refractivity contribution in [2.24, 2.45) is 11.3 Å². The number of methoxy groups -OCH3 is 1. The highest BCUT2D eigenvalue weighted by molar-refractivity contribution is 5.90. The molecule has 2 heteroatoms. The summed E-state index contributed by atoms with van der Waals surface area (Å²) < 4.78 is 4.98. The van der Waals surface area contributed by atoms with Crippen LogP contribution in [0.3, 0.4) is 0 Å². The molecule has 0 heterocycles. The Labute approximate surface area is 61.6 Å². The molecule has 0 radical (unpaired) electrons. The fourth-order valence-electron chi connectivity index (χ4n) is 1.31. The zero-order valence-corrected chi connectivity index (χ0v) is 6.81. The zero-order chi connectivity index (χ0) is 7.78. The van der Waals surface area contributed by atoms with Crippen molar-refractivity contribution in [1.29, 1.82) is 0 Å². The molecule has 1 fully saturated rings. The average Bonchev–Trinajstić information content (AvgIpc) is 1.88. The van der Waals surface area contributed by atoms with Crippen molar-refractivity contribution in [2.45, 2.75) is 20.3 Å². The van der Waals surface area contributed by atoms with E-state index in [-0.39, 0.29) is 5.41 Å². The highest BCUT2D eigenvalue weighted by Gasteiger charge is 2.46. The Hall–Kier alpha value is -0.370. The van der Waals surface area contributed by atoms with Gasteiger partial charge >= 0.3 is 0 Å². The molecule has 0 aromatic heterocycles. The maximum Gasteiger partial charge on any atom is 0.139 e. The van der Waals surface area contributed by atoms with Crippen molar-refractivity contribution in [3.05, 3.63) is 0 Å². The molecule has 1 rings (SSSR count). The molecule has 10 heavy (non-hydrogen) atoms. The number of Topliss-reactive ketones (excluding diaryl/α,β-unsaturated/α-hetero) is 1. The van der Waals surface area contributed by atoms with Crippen LogP contribution < -0.4 is 0 Å². The molecule has 0 saturated heterocycles. The van der Waals surface area contributed by atoms with Crippen molar-refractivity contribution in [3.8, 4) is 0 Å². The van der Waals surface area contributed by atoms with Crippen molar-refractivity contribution in [3.63, 3.8) is 0 Å². The van der Waals surface area contributed by atoms with Gasteiger partial charge in [0.25, 0.3) is 0 Å². The van der Waals surface area contributed by atoms with Crippen molar-refractivity contribution < 1.29 is 9.53 Å². The minimum absolute atomic E-state index is 0.115. The van der Waals surface area contributed by atoms with Crippen molar-refractivity contribution in [1.82, 2.24) is 0 Å². The summed E-state index contributed by atoms with van der Waals surface area (Å²) in [4.78, 5) is 11.0. The van der Waals surface area contributed by atoms with Crippen LogP contribution in [0.1, 0.15) is 20.3 Å². The molecule has 1 atom stereocenters. The zero-order valence-electron chi connectivity index (χ0n) is 6.81. The van der Waals surface area contributed by atoms with Crippen LogP contribution in [0.4, 0.5) is 0 Å². The number of ketones is 1. The first-order valence-corrected chi connectivity index (χ1v) is 3.61. The van der Waals surface area contributed by atoms with E-state index in [4.69, 9.17) is 4.74 Å². The molecular formula is C8H14O2. The van der Waals surface area contributed by atoms with Crippen LogP contribution in [-0.4, -0.2) is 19.5 Å². The first kappa shape index (κ1) is 7.73. The van der Waals surface area contributed by atoms with Gasteiger partial charge in [-0.2, -0.15) is 0 Å². The lowest BCUT2D eigenvalue weighted by Crippen LogP contribution is -2.47. The van der Waals surface area contributed by atoms with Gasteiger partial charge in [-0.1, -0.05) is 13.8 Å². The predicted molar refractivity (Wildman–Crippen MR) is 38.8 cm³/mol. The van der Waals surface area contributed by atoms with Gasteiger partial charge in [0.2, 0.25) is 0 Å². The van der Waals surface area contributed by atoms with Gasteiger partial charge in [-0.15, -0.1) is 0 Å². The largest absolute Gasteiger partial charge is 0.384 e. The molecule has 0 spiro atoms. The van der Waals surface area contributed by atoms with E-state index in [1.807, 2.05) is 13.8 Å². The van der Waals surface area contributed by atoms with Gasteiger partial charge in [-0.05, 0) is 0 Å². The number of carbonyl (C=O) groups is 1. The van der Waals surface area contributed by atoms with Crippen LogP contribution in [0.5, 0.6) is 0 Å². The van der Waals surface area contributed by atoms with E-state index >= 15 is 0 Å². The average molecular weight is 142 g/mol. The van der Waals surface area contributed by atoms with Gasteiger partial charge < -0.3 is 4.74 Å². The minimum atomic E-state index is -0.115. The fraction of sp³-hybridized carbons (Fsp3) is 0.875. The summed E-state index contributed by atoms with van der Waals surface area (Å²) in [6, 6.07) is 0. The lowest BCUT2D eigenvalue weighted by atomic mass is 9.62. The van der Waals surface area contributed by atoms with E-state index in [2.05, 4.69) is 0 Å². The normalized spacial score (nSPS) is 29.9. The van der Waals surface area contributed by atoms with E-state index in [0.29, 0.717) is 18.1 Å². The Morgan fingerprint density at radius 2 is 2.30 bits per heavy atom. The van der Waals surface area contributed by atoms with Gasteiger partial charge in [0.15, 0.2) is 0 Å². The third kappa shape index (κ3) is 0.966. The highest BCUT2D eigenvalue weighted by Crippen LogP contribution is 2.42. The van der Waals surface area contributed by atoms with E-state index in [0.717, 1.165) is 6.61 Å². The molecule has 1 aliphatic carbocycles. The van der Waals surface area contributed by atoms with E-state index in [1.54, 1.807) is 7.11 Å². The second kappa shape index (κ2) is 2.35. The van der Waals surface area contributed by atoms with Crippen LogP contribution >= 0.6 is 0 Å². The third-order valence-electron chi connectivity index (χ3n) is 2.54. The van der Waals surface area contributed by atoms with Gasteiger partial charge in [-0.3, -0.25) is 4.79 Å². The Balaban J connectivity index is 2.46. The quantitative estimate of drug-likeness (QED) is 0.580. The van der Waals surface area contributed by atoms with E-state index < -0.39 is 0 Å². The SMILES string of the molecule is COCC1CC(=O)C1(C)C. The van der Waals surface area contributed by atoms with Crippen LogP contribution in [0.25, 0.3) is 0 Å². The summed E-state index contributed by atoms with van der Waals surface area (Å²) in [6.45, 7) is 4.70. The standard InChI is InChI=1S/C8H14O2/c1-8(2)6(5-10-3)4-7(8)9/h6H,4-5H2,1-3H3. The molecule has 58 valence electrons. The molecule has 1 unspecified atom stereocenters. The molecule has 0 amide bonds. The minimum Gasteiger partial charge on any atom is -0.384 e. The Morgan fingerprint density at radius 1 is 1.70 bits per heavy atom. The molecule has 0 aliphatic heterocycles. The first-order valence-electron chi connectivity index (χ1n) is 3.61. The smallest absolute Gasteiger partial charge is 0.139 e. The van der Waals surface area contributed by atoms with Gasteiger partial charge in [0.05, 0.1) is 6.61 Å². The number of hydrogen-bond acceptors (Lipinski definition) is 2. The lowest BCUT2D eigenvalue weighted by Gasteiger charge is -2.41. The number of hydrogen-bond donors (Lipinski definition) is 0. The molecule has 0 aromatic carbocycles. The molecule has 0 bridgehead atoms. The van der Waals surface area contributed by atoms with E-state index in [1.165, 1.54) is 0 Å². The summed E-state index contributed by atoms with van der Waals surface area (Å²) in [6.07, 6.45) is 0.709. The monoisotopic (exact) mass is 142 g/mol. The van der Waals surface area contributed by atoms with Crippen LogP contribution in [0.15, 0.2) is 0 Å². The number of carbonyl (C=O) groups excluding carboxylic acids is 1. The van der Waals surface area contributed by atoms with Gasteiger partial charge in [-0.25, -0.2) is 0 Å². The fourth-order valence-corrected chi connectivity index (χ4v) is 1.31. The second-order valence-corrected chi connectivity index (χ2v) is 3.50. The summed E-state index contributed by atoms with van der Waals surface area (Å²) in [5, 5.41) is 0. The molecule has 0 aromatic rings. The van der Waals surface area contributed by atoms with Crippen LogP contribution in [0.2, 0.25) is 0 Å². The van der Waals surface area contributed by atoms with Gasteiger partial charge in [0.1, 0.15) is 5.78 Å². The predicted octanol–water partition coefficient (Wildman–Crippen LogP) is 1.25. The lowest BCUT2D eigenvalue weighted by molar-refractivity contribution is -0.145. The Kier molecular flexibility index (Phi) is 1.82. The highest BCUT2D eigenvalue weighted by atomic mass is 16.5. The summed E-state index contributed by atoms with van der Waals surface area (Å²) in [7, 11) is 1.68. The maximum absolute atomic E-state index is 11.0. The topological polar surface area (TPSA) is 26.3 Å². The molecule has 1 saturated carbocycles. The summed E-state index contributed by atoms with van der Waals surface area (Å²) >= 11 is 0. The van der Waals surface area contributed by atoms with Crippen LogP contribution in [-0.2, 0) is 9.53 Å².